The molecule has 4 rings (SSSR count). The van der Waals surface area contributed by atoms with Gasteiger partial charge in [0.05, 0.1) is 6.26 Å². The predicted molar refractivity (Wildman–Crippen MR) is 165 cm³/mol. The van der Waals surface area contributed by atoms with Crippen LogP contribution < -0.4 is 9.46 Å². The third kappa shape index (κ3) is 10.3. The average Bonchev–Trinajstić information content (AvgIpc) is 2.93. The zero-order chi connectivity index (χ0) is 27.7. The summed E-state index contributed by atoms with van der Waals surface area (Å²) in [6.07, 6.45) is 11.8. The van der Waals surface area contributed by atoms with Crippen molar-refractivity contribution in [3.8, 4) is 11.5 Å². The molecule has 0 radical (unpaired) electrons. The summed E-state index contributed by atoms with van der Waals surface area (Å²) in [5, 5.41) is 0. The molecule has 2 fully saturated rings. The van der Waals surface area contributed by atoms with Gasteiger partial charge in [0, 0.05) is 31.2 Å². The van der Waals surface area contributed by atoms with E-state index in [4.69, 9.17) is 4.74 Å². The third-order valence-electron chi connectivity index (χ3n) is 7.96. The highest BCUT2D eigenvalue weighted by molar-refractivity contribution is 7.92. The molecule has 0 unspecified atom stereocenters. The fourth-order valence-corrected chi connectivity index (χ4v) is 6.34. The van der Waals surface area contributed by atoms with E-state index in [-0.39, 0.29) is 18.3 Å². The zero-order valence-electron chi connectivity index (χ0n) is 24.0. The Balaban J connectivity index is 0.00000441. The lowest BCUT2D eigenvalue weighted by atomic mass is 9.88. The van der Waals surface area contributed by atoms with Gasteiger partial charge in [0.2, 0.25) is 15.9 Å². The number of sulfonamides is 1. The summed E-state index contributed by atoms with van der Waals surface area (Å²) >= 11 is 0. The van der Waals surface area contributed by atoms with E-state index in [2.05, 4.69) is 33.6 Å². The Labute approximate surface area is 247 Å². The number of carbonyl (C=O) groups excluding carboxylic acids is 1. The van der Waals surface area contributed by atoms with Gasteiger partial charge in [-0.05, 0) is 93.1 Å². The number of nitrogens with zero attached hydrogens (tertiary/aromatic N) is 2. The van der Waals surface area contributed by atoms with Gasteiger partial charge in [0.15, 0.2) is 0 Å². The fourth-order valence-electron chi connectivity index (χ4n) is 5.78. The van der Waals surface area contributed by atoms with E-state index < -0.39 is 10.0 Å². The number of piperidine rings is 1. The van der Waals surface area contributed by atoms with Gasteiger partial charge in [-0.25, -0.2) is 8.42 Å². The Morgan fingerprint density at radius 2 is 1.55 bits per heavy atom. The van der Waals surface area contributed by atoms with Crippen LogP contribution >= 0.6 is 12.4 Å². The van der Waals surface area contributed by atoms with Crippen LogP contribution in [-0.4, -0.2) is 56.6 Å². The molecule has 222 valence electrons. The molecule has 1 aliphatic heterocycles. The molecule has 2 aliphatic rings. The Morgan fingerprint density at radius 3 is 2.12 bits per heavy atom. The van der Waals surface area contributed by atoms with Gasteiger partial charge >= 0.3 is 0 Å². The van der Waals surface area contributed by atoms with Crippen LogP contribution in [0.1, 0.15) is 70.3 Å². The van der Waals surface area contributed by atoms with Crippen LogP contribution in [0.5, 0.6) is 11.5 Å². The standard InChI is InChI=1S/C31H45N3O4S.ClH/c1-3-4-20-34(24-25-8-6-5-7-9-25)31(35)27-18-21-33(22-19-27)23-26-10-14-29(15-11-26)38-30-16-12-28(13-17-30)32-39(2,36)37;/h10-17,25,27,32H,3-9,18-24H2,1-2H3;1H. The molecule has 0 spiro atoms. The van der Waals surface area contributed by atoms with Crippen molar-refractivity contribution >= 4 is 34.0 Å². The van der Waals surface area contributed by atoms with Gasteiger partial charge < -0.3 is 9.64 Å². The van der Waals surface area contributed by atoms with Gasteiger partial charge in [-0.2, -0.15) is 0 Å². The molecule has 0 aromatic heterocycles. The lowest BCUT2D eigenvalue weighted by Gasteiger charge is -2.36. The summed E-state index contributed by atoms with van der Waals surface area (Å²) in [4.78, 5) is 18.1. The number of likely N-dealkylation sites (tertiary alicyclic amines) is 1. The van der Waals surface area contributed by atoms with Crippen LogP contribution in [0.2, 0.25) is 0 Å². The molecule has 2 aromatic carbocycles. The molecule has 1 heterocycles. The summed E-state index contributed by atoms with van der Waals surface area (Å²) in [5.74, 6) is 2.64. The number of halogens is 1. The average molecular weight is 592 g/mol. The number of hydrogen-bond acceptors (Lipinski definition) is 5. The first-order chi connectivity index (χ1) is 18.8. The van der Waals surface area contributed by atoms with E-state index in [1.165, 1.54) is 37.7 Å². The molecular weight excluding hydrogens is 546 g/mol. The van der Waals surface area contributed by atoms with Crippen LogP contribution in [0.25, 0.3) is 0 Å². The van der Waals surface area contributed by atoms with Gasteiger partial charge in [-0.15, -0.1) is 12.4 Å². The van der Waals surface area contributed by atoms with Crippen molar-refractivity contribution in [2.24, 2.45) is 11.8 Å². The number of ether oxygens (including phenoxy) is 1. The van der Waals surface area contributed by atoms with Gasteiger partial charge in [-0.1, -0.05) is 44.7 Å². The molecule has 1 N–H and O–H groups in total. The summed E-state index contributed by atoms with van der Waals surface area (Å²) in [5.41, 5.74) is 1.73. The van der Waals surface area contributed by atoms with Crippen molar-refractivity contribution in [3.63, 3.8) is 0 Å². The molecule has 0 bridgehead atoms. The van der Waals surface area contributed by atoms with E-state index in [0.29, 0.717) is 23.3 Å². The molecular formula is C31H46ClN3O4S. The first-order valence-corrected chi connectivity index (χ1v) is 16.5. The number of carbonyl (C=O) groups is 1. The van der Waals surface area contributed by atoms with Gasteiger partial charge in [0.1, 0.15) is 11.5 Å². The number of unbranched alkanes of at least 4 members (excludes halogenated alkanes) is 1. The van der Waals surface area contributed by atoms with Crippen LogP contribution in [0, 0.1) is 11.8 Å². The molecule has 1 saturated carbocycles. The monoisotopic (exact) mass is 591 g/mol. The second kappa shape index (κ2) is 15.6. The minimum absolute atomic E-state index is 0. The number of rotatable bonds is 12. The highest BCUT2D eigenvalue weighted by Gasteiger charge is 2.30. The highest BCUT2D eigenvalue weighted by Crippen LogP contribution is 2.28. The smallest absolute Gasteiger partial charge is 0.229 e. The SMILES string of the molecule is CCCCN(CC1CCCCC1)C(=O)C1CCN(Cc2ccc(Oc3ccc(NS(C)(=O)=O)cc3)cc2)CC1.Cl. The first-order valence-electron chi connectivity index (χ1n) is 14.6. The van der Waals surface area contributed by atoms with Crippen LogP contribution in [0.15, 0.2) is 48.5 Å². The second-order valence-corrected chi connectivity index (χ2v) is 13.1. The largest absolute Gasteiger partial charge is 0.457 e. The minimum atomic E-state index is -3.30. The number of amides is 1. The van der Waals surface area contributed by atoms with Gasteiger partial charge in [-0.3, -0.25) is 14.4 Å². The van der Waals surface area contributed by atoms with E-state index in [0.717, 1.165) is 70.4 Å². The predicted octanol–water partition coefficient (Wildman–Crippen LogP) is 6.69. The Bertz CT molecular complexity index is 1140. The maximum absolute atomic E-state index is 13.5. The maximum Gasteiger partial charge on any atom is 0.229 e. The van der Waals surface area contributed by atoms with E-state index in [9.17, 15) is 13.2 Å². The molecule has 40 heavy (non-hydrogen) atoms. The van der Waals surface area contributed by atoms with Crippen molar-refractivity contribution in [2.75, 3.05) is 37.2 Å². The van der Waals surface area contributed by atoms with Crippen molar-refractivity contribution in [2.45, 2.75) is 71.3 Å². The normalized spacial score (nSPS) is 17.1. The number of anilines is 1. The molecule has 1 amide bonds. The van der Waals surface area contributed by atoms with Crippen LogP contribution in [0.4, 0.5) is 5.69 Å². The van der Waals surface area contributed by atoms with Crippen LogP contribution in [-0.2, 0) is 21.4 Å². The van der Waals surface area contributed by atoms with Crippen molar-refractivity contribution < 1.29 is 17.9 Å². The molecule has 7 nitrogen and oxygen atoms in total. The summed E-state index contributed by atoms with van der Waals surface area (Å²) in [6, 6.07) is 14.9. The fraction of sp³-hybridized carbons (Fsp3) is 0.581. The Morgan fingerprint density at radius 1 is 0.950 bits per heavy atom. The summed E-state index contributed by atoms with van der Waals surface area (Å²) < 4.78 is 31.1. The Hall–Kier alpha value is -2.29. The second-order valence-electron chi connectivity index (χ2n) is 11.3. The third-order valence-corrected chi connectivity index (χ3v) is 8.56. The summed E-state index contributed by atoms with van der Waals surface area (Å²) in [6.45, 7) is 6.87. The first kappa shape index (κ1) is 32.2. The van der Waals surface area contributed by atoms with Crippen molar-refractivity contribution in [1.29, 1.82) is 0 Å². The van der Waals surface area contributed by atoms with Crippen molar-refractivity contribution in [1.82, 2.24) is 9.80 Å². The van der Waals surface area contributed by atoms with E-state index in [1.54, 1.807) is 24.3 Å². The van der Waals surface area contributed by atoms with Crippen molar-refractivity contribution in [3.05, 3.63) is 54.1 Å². The maximum atomic E-state index is 13.5. The summed E-state index contributed by atoms with van der Waals surface area (Å²) in [7, 11) is -3.30. The highest BCUT2D eigenvalue weighted by atomic mass is 35.5. The Kier molecular flexibility index (Phi) is 12.6. The minimum Gasteiger partial charge on any atom is -0.457 e. The topological polar surface area (TPSA) is 79.0 Å². The number of nitrogens with one attached hydrogen (secondary N) is 1. The lowest BCUT2D eigenvalue weighted by Crippen LogP contribution is -2.44. The van der Waals surface area contributed by atoms with E-state index >= 15 is 0 Å². The molecule has 9 heteroatoms. The van der Waals surface area contributed by atoms with E-state index in [1.807, 2.05) is 12.1 Å². The van der Waals surface area contributed by atoms with Gasteiger partial charge in [0.25, 0.3) is 0 Å². The molecule has 0 atom stereocenters. The quantitative estimate of drug-likeness (QED) is 0.297. The molecule has 1 aliphatic carbocycles. The molecule has 1 saturated heterocycles. The van der Waals surface area contributed by atoms with Crippen LogP contribution in [0.3, 0.4) is 0 Å². The zero-order valence-corrected chi connectivity index (χ0v) is 25.6. The lowest BCUT2D eigenvalue weighted by molar-refractivity contribution is -0.138. The number of hydrogen-bond donors (Lipinski definition) is 1. The number of benzene rings is 2. The molecule has 2 aromatic rings.